The number of anilines is 2. The molecule has 2 aromatic rings. The minimum Gasteiger partial charge on any atom is -0.495 e. The topological polar surface area (TPSA) is 67.9 Å². The lowest BCUT2D eigenvalue weighted by atomic mass is 10.00. The Morgan fingerprint density at radius 1 is 1.30 bits per heavy atom. The maximum atomic E-state index is 13.2. The van der Waals surface area contributed by atoms with Gasteiger partial charge in [-0.2, -0.15) is 13.2 Å². The molecule has 1 N–H and O–H groups in total. The number of halogens is 3. The number of hydrogen-bond donors (Lipinski definition) is 1. The number of hydrogen-bond acceptors (Lipinski definition) is 5. The quantitative estimate of drug-likeness (QED) is 0.771. The Labute approximate surface area is 156 Å². The number of esters is 1. The van der Waals surface area contributed by atoms with E-state index in [4.69, 9.17) is 9.47 Å². The standard InChI is InChI=1S/C17H15F3N2O4S/c1-25-14-4-3-9(17(18,19)20)5-13(14)22-12(6-15(23)26-2)10-7-27-8-11(10)21-16(22)24/h3-5,7-8,12H,6H2,1-2H3,(H,21,24). The van der Waals surface area contributed by atoms with E-state index in [0.717, 1.165) is 23.1 Å². The van der Waals surface area contributed by atoms with E-state index < -0.39 is 29.8 Å². The molecule has 3 rings (SSSR count). The monoisotopic (exact) mass is 400 g/mol. The van der Waals surface area contributed by atoms with Gasteiger partial charge in [-0.15, -0.1) is 11.3 Å². The van der Waals surface area contributed by atoms with Crippen molar-refractivity contribution in [2.45, 2.75) is 18.6 Å². The predicted molar refractivity (Wildman–Crippen MR) is 93.2 cm³/mol. The second-order valence-electron chi connectivity index (χ2n) is 5.72. The fourth-order valence-electron chi connectivity index (χ4n) is 2.90. The molecule has 1 aromatic carbocycles. The molecule has 1 aliphatic heterocycles. The van der Waals surface area contributed by atoms with Gasteiger partial charge in [0.1, 0.15) is 5.75 Å². The highest BCUT2D eigenvalue weighted by Crippen LogP contribution is 2.45. The number of fused-ring (bicyclic) bond motifs is 1. The number of methoxy groups -OCH3 is 2. The number of amides is 2. The van der Waals surface area contributed by atoms with Gasteiger partial charge in [-0.3, -0.25) is 9.69 Å². The highest BCUT2D eigenvalue weighted by molar-refractivity contribution is 7.08. The normalized spacial score (nSPS) is 16.6. The molecular formula is C17H15F3N2O4S. The number of nitrogens with zero attached hydrogens (tertiary/aromatic N) is 1. The second kappa shape index (κ2) is 7.10. The minimum absolute atomic E-state index is 0.0756. The smallest absolute Gasteiger partial charge is 0.416 e. The van der Waals surface area contributed by atoms with Gasteiger partial charge in [0.25, 0.3) is 0 Å². The van der Waals surface area contributed by atoms with Crippen molar-refractivity contribution in [2.24, 2.45) is 0 Å². The van der Waals surface area contributed by atoms with Crippen molar-refractivity contribution in [3.8, 4) is 5.75 Å². The number of ether oxygens (including phenoxy) is 2. The van der Waals surface area contributed by atoms with E-state index in [9.17, 15) is 22.8 Å². The van der Waals surface area contributed by atoms with Gasteiger partial charge < -0.3 is 14.8 Å². The highest BCUT2D eigenvalue weighted by atomic mass is 32.1. The summed E-state index contributed by atoms with van der Waals surface area (Å²) in [6, 6.07) is 1.36. The summed E-state index contributed by atoms with van der Waals surface area (Å²) >= 11 is 1.31. The van der Waals surface area contributed by atoms with E-state index in [-0.39, 0.29) is 17.9 Å². The van der Waals surface area contributed by atoms with Crippen LogP contribution < -0.4 is 15.0 Å². The first-order valence-electron chi connectivity index (χ1n) is 7.74. The molecule has 1 aromatic heterocycles. The molecular weight excluding hydrogens is 385 g/mol. The van der Waals surface area contributed by atoms with Crippen molar-refractivity contribution in [3.63, 3.8) is 0 Å². The van der Waals surface area contributed by atoms with Gasteiger partial charge in [0, 0.05) is 10.9 Å². The fourth-order valence-corrected chi connectivity index (χ4v) is 3.73. The Morgan fingerprint density at radius 3 is 2.67 bits per heavy atom. The first-order chi connectivity index (χ1) is 12.8. The Hall–Kier alpha value is -2.75. The van der Waals surface area contributed by atoms with Gasteiger partial charge in [0.2, 0.25) is 0 Å². The molecule has 6 nitrogen and oxygen atoms in total. The number of nitrogens with one attached hydrogen (secondary N) is 1. The van der Waals surface area contributed by atoms with Gasteiger partial charge in [-0.25, -0.2) is 4.79 Å². The molecule has 144 valence electrons. The molecule has 0 saturated carbocycles. The number of urea groups is 1. The lowest BCUT2D eigenvalue weighted by Crippen LogP contribution is -2.43. The Bertz CT molecular complexity index is 881. The van der Waals surface area contributed by atoms with Crippen molar-refractivity contribution in [1.29, 1.82) is 0 Å². The largest absolute Gasteiger partial charge is 0.495 e. The van der Waals surface area contributed by atoms with Crippen LogP contribution in [0.3, 0.4) is 0 Å². The first kappa shape index (κ1) is 19.0. The fraction of sp³-hybridized carbons (Fsp3) is 0.294. The van der Waals surface area contributed by atoms with E-state index in [0.29, 0.717) is 11.3 Å². The van der Waals surface area contributed by atoms with Crippen LogP contribution >= 0.6 is 11.3 Å². The molecule has 0 fully saturated rings. The maximum absolute atomic E-state index is 13.2. The summed E-state index contributed by atoms with van der Waals surface area (Å²) < 4.78 is 49.4. The lowest BCUT2D eigenvalue weighted by Gasteiger charge is -2.36. The molecule has 27 heavy (non-hydrogen) atoms. The third-order valence-electron chi connectivity index (χ3n) is 4.18. The minimum atomic E-state index is -4.60. The van der Waals surface area contributed by atoms with Crippen molar-refractivity contribution >= 4 is 34.7 Å². The summed E-state index contributed by atoms with van der Waals surface area (Å²) in [7, 11) is 2.49. The van der Waals surface area contributed by atoms with Crippen LogP contribution in [0.5, 0.6) is 5.75 Å². The van der Waals surface area contributed by atoms with Crippen molar-refractivity contribution in [2.75, 3.05) is 24.4 Å². The zero-order valence-corrected chi connectivity index (χ0v) is 15.1. The van der Waals surface area contributed by atoms with Crippen LogP contribution in [0.15, 0.2) is 29.0 Å². The molecule has 10 heteroatoms. The number of thiophene rings is 1. The summed E-state index contributed by atoms with van der Waals surface area (Å²) in [4.78, 5) is 25.7. The highest BCUT2D eigenvalue weighted by Gasteiger charge is 2.39. The first-order valence-corrected chi connectivity index (χ1v) is 8.69. The van der Waals surface area contributed by atoms with Crippen LogP contribution in [0.25, 0.3) is 0 Å². The van der Waals surface area contributed by atoms with Crippen LogP contribution in [0.1, 0.15) is 23.6 Å². The number of rotatable bonds is 4. The van der Waals surface area contributed by atoms with E-state index in [1.54, 1.807) is 10.8 Å². The Balaban J connectivity index is 2.15. The molecule has 1 unspecified atom stereocenters. The zero-order chi connectivity index (χ0) is 19.8. The summed E-state index contributed by atoms with van der Waals surface area (Å²) in [5, 5.41) is 6.05. The van der Waals surface area contributed by atoms with E-state index in [1.165, 1.54) is 25.6 Å². The molecule has 0 bridgehead atoms. The molecule has 1 atom stereocenters. The van der Waals surface area contributed by atoms with Gasteiger partial charge >= 0.3 is 18.2 Å². The summed E-state index contributed by atoms with van der Waals surface area (Å²) in [5.41, 5.74) is 0.111. The molecule has 1 aliphatic rings. The van der Waals surface area contributed by atoms with E-state index in [1.807, 2.05) is 0 Å². The van der Waals surface area contributed by atoms with Crippen LogP contribution in [-0.2, 0) is 15.7 Å². The van der Waals surface area contributed by atoms with Crippen molar-refractivity contribution in [1.82, 2.24) is 0 Å². The number of carbonyl (C=O) groups is 2. The molecule has 2 amide bonds. The van der Waals surface area contributed by atoms with Crippen molar-refractivity contribution < 1.29 is 32.2 Å². The van der Waals surface area contributed by atoms with Crippen LogP contribution in [-0.4, -0.2) is 26.2 Å². The van der Waals surface area contributed by atoms with Crippen LogP contribution in [0.2, 0.25) is 0 Å². The average molecular weight is 400 g/mol. The lowest BCUT2D eigenvalue weighted by molar-refractivity contribution is -0.141. The Morgan fingerprint density at radius 2 is 2.04 bits per heavy atom. The molecule has 2 heterocycles. The summed E-state index contributed by atoms with van der Waals surface area (Å²) in [5.74, 6) is -0.519. The third-order valence-corrected chi connectivity index (χ3v) is 4.94. The number of benzene rings is 1. The summed E-state index contributed by atoms with van der Waals surface area (Å²) in [6.07, 6.45) is -4.81. The third kappa shape index (κ3) is 3.57. The molecule has 0 aliphatic carbocycles. The maximum Gasteiger partial charge on any atom is 0.416 e. The average Bonchev–Trinajstić information content (AvgIpc) is 3.08. The van der Waals surface area contributed by atoms with Gasteiger partial charge in [0.15, 0.2) is 0 Å². The van der Waals surface area contributed by atoms with Gasteiger partial charge in [-0.05, 0) is 23.6 Å². The SMILES string of the molecule is COC(=O)CC1c2cscc2NC(=O)N1c1cc(C(F)(F)F)ccc1OC. The molecule has 0 radical (unpaired) electrons. The number of alkyl halides is 3. The van der Waals surface area contributed by atoms with Gasteiger partial charge in [0.05, 0.1) is 43.6 Å². The van der Waals surface area contributed by atoms with Crippen LogP contribution in [0, 0.1) is 0 Å². The second-order valence-corrected chi connectivity index (χ2v) is 6.46. The zero-order valence-electron chi connectivity index (χ0n) is 14.3. The number of carbonyl (C=O) groups excluding carboxylic acids is 2. The Kier molecular flexibility index (Phi) is 5.01. The van der Waals surface area contributed by atoms with Gasteiger partial charge in [-0.1, -0.05) is 0 Å². The molecule has 0 spiro atoms. The molecule has 0 saturated heterocycles. The van der Waals surface area contributed by atoms with E-state index >= 15 is 0 Å². The van der Waals surface area contributed by atoms with E-state index in [2.05, 4.69) is 5.32 Å². The van der Waals surface area contributed by atoms with Crippen LogP contribution in [0.4, 0.5) is 29.3 Å². The predicted octanol–water partition coefficient (Wildman–Crippen LogP) is 4.43. The van der Waals surface area contributed by atoms with Crippen molar-refractivity contribution in [3.05, 3.63) is 40.1 Å². The summed E-state index contributed by atoms with van der Waals surface area (Å²) in [6.45, 7) is 0.